The summed E-state index contributed by atoms with van der Waals surface area (Å²) in [5.41, 5.74) is 1.43. The molecule has 1 aromatic carbocycles. The van der Waals surface area contributed by atoms with Crippen molar-refractivity contribution >= 4 is 47.0 Å². The Kier molecular flexibility index (Phi) is 10.3. The maximum Gasteiger partial charge on any atom is 0.434 e. The number of alkyl halides is 3. The minimum atomic E-state index is -4.39. The molecule has 3 rings (SSSR count). The number of aliphatic imine (C=N–C) groups is 1. The summed E-state index contributed by atoms with van der Waals surface area (Å²) in [6, 6.07) is 8.31. The quantitative estimate of drug-likeness (QED) is 0.301. The fraction of sp³-hybridized carbons (Fsp3) is 0.500. The second kappa shape index (κ2) is 12.4. The van der Waals surface area contributed by atoms with Gasteiger partial charge in [0.2, 0.25) is 0 Å². The first-order valence-electron chi connectivity index (χ1n) is 9.91. The zero-order valence-electron chi connectivity index (χ0n) is 17.2. The molecule has 1 fully saturated rings. The number of morpholine rings is 1. The molecule has 0 atom stereocenters. The first-order chi connectivity index (χ1) is 14.5. The lowest BCUT2D eigenvalue weighted by Gasteiger charge is -2.28. The molecule has 0 spiro atoms. The summed E-state index contributed by atoms with van der Waals surface area (Å²) in [5.74, 6) is 0.627. The van der Waals surface area contributed by atoms with E-state index in [1.54, 1.807) is 0 Å². The number of halogens is 4. The van der Waals surface area contributed by atoms with E-state index in [2.05, 4.69) is 49.8 Å². The Labute approximate surface area is 201 Å². The Morgan fingerprint density at radius 1 is 1.19 bits per heavy atom. The molecule has 0 amide bonds. The summed E-state index contributed by atoms with van der Waals surface area (Å²) in [6.07, 6.45) is -3.99. The highest BCUT2D eigenvalue weighted by Gasteiger charge is 2.33. The van der Waals surface area contributed by atoms with Gasteiger partial charge in [-0.3, -0.25) is 0 Å². The number of nitrogens with zero attached hydrogens (tertiary/aromatic N) is 3. The molecule has 11 heteroatoms. The van der Waals surface area contributed by atoms with Crippen LogP contribution in [0.5, 0.6) is 0 Å². The van der Waals surface area contributed by atoms with E-state index in [1.165, 1.54) is 5.69 Å². The van der Waals surface area contributed by atoms with Gasteiger partial charge in [0.25, 0.3) is 0 Å². The van der Waals surface area contributed by atoms with Crippen LogP contribution in [0.3, 0.4) is 0 Å². The van der Waals surface area contributed by atoms with Gasteiger partial charge in [-0.2, -0.15) is 13.2 Å². The molecular weight excluding hydrogens is 542 g/mol. The van der Waals surface area contributed by atoms with Crippen molar-refractivity contribution in [2.75, 3.05) is 44.3 Å². The van der Waals surface area contributed by atoms with Gasteiger partial charge >= 0.3 is 6.18 Å². The van der Waals surface area contributed by atoms with Crippen LogP contribution >= 0.6 is 35.3 Å². The fourth-order valence-corrected chi connectivity index (χ4v) is 3.79. The van der Waals surface area contributed by atoms with Crippen LogP contribution in [0.25, 0.3) is 0 Å². The molecule has 0 saturated carbocycles. The van der Waals surface area contributed by atoms with Crippen molar-refractivity contribution in [1.29, 1.82) is 0 Å². The molecule has 2 aromatic rings. The number of anilines is 1. The average molecular weight is 569 g/mol. The third-order valence-electron chi connectivity index (χ3n) is 4.55. The molecule has 172 valence electrons. The average Bonchev–Trinajstić information content (AvgIpc) is 3.23. The summed E-state index contributed by atoms with van der Waals surface area (Å²) in [4.78, 5) is 10.5. The van der Waals surface area contributed by atoms with E-state index in [-0.39, 0.29) is 24.0 Å². The van der Waals surface area contributed by atoms with Gasteiger partial charge in [0.05, 0.1) is 24.8 Å². The fourth-order valence-electron chi connectivity index (χ4n) is 2.99. The van der Waals surface area contributed by atoms with E-state index in [0.717, 1.165) is 48.6 Å². The molecule has 0 aliphatic carbocycles. The minimum Gasteiger partial charge on any atom is -0.378 e. The Morgan fingerprint density at radius 2 is 1.90 bits per heavy atom. The zero-order valence-corrected chi connectivity index (χ0v) is 20.4. The van der Waals surface area contributed by atoms with Crippen LogP contribution in [0, 0.1) is 0 Å². The number of guanidine groups is 1. The summed E-state index contributed by atoms with van der Waals surface area (Å²) in [5, 5.41) is 7.80. The smallest absolute Gasteiger partial charge is 0.378 e. The van der Waals surface area contributed by atoms with Gasteiger partial charge in [-0.15, -0.1) is 35.3 Å². The lowest BCUT2D eigenvalue weighted by molar-refractivity contribution is -0.140. The predicted molar refractivity (Wildman–Crippen MR) is 129 cm³/mol. The number of aromatic nitrogens is 1. The summed E-state index contributed by atoms with van der Waals surface area (Å²) in [7, 11) is 0. The first-order valence-corrected chi connectivity index (χ1v) is 10.8. The molecule has 1 aliphatic heterocycles. The van der Waals surface area contributed by atoms with Crippen molar-refractivity contribution in [1.82, 2.24) is 15.6 Å². The van der Waals surface area contributed by atoms with Gasteiger partial charge in [0.1, 0.15) is 0 Å². The molecule has 0 unspecified atom stereocenters. The third-order valence-corrected chi connectivity index (χ3v) is 5.46. The molecule has 2 heterocycles. The molecule has 31 heavy (non-hydrogen) atoms. The van der Waals surface area contributed by atoms with E-state index in [1.807, 2.05) is 6.92 Å². The van der Waals surface area contributed by atoms with Crippen molar-refractivity contribution in [2.45, 2.75) is 26.1 Å². The third kappa shape index (κ3) is 8.11. The van der Waals surface area contributed by atoms with Crippen LogP contribution in [-0.4, -0.2) is 50.3 Å². The van der Waals surface area contributed by atoms with E-state index >= 15 is 0 Å². The van der Waals surface area contributed by atoms with Gasteiger partial charge in [0, 0.05) is 43.7 Å². The van der Waals surface area contributed by atoms with Gasteiger partial charge in [-0.1, -0.05) is 12.1 Å². The summed E-state index contributed by atoms with van der Waals surface area (Å²) in [6.45, 7) is 6.92. The van der Waals surface area contributed by atoms with Crippen molar-refractivity contribution in [3.05, 3.63) is 45.9 Å². The Balaban J connectivity index is 0.00000341. The Morgan fingerprint density at radius 3 is 2.52 bits per heavy atom. The number of benzene rings is 1. The maximum atomic E-state index is 12.6. The molecule has 0 bridgehead atoms. The second-order valence-electron chi connectivity index (χ2n) is 6.76. The van der Waals surface area contributed by atoms with Crippen LogP contribution in [0.1, 0.15) is 23.2 Å². The van der Waals surface area contributed by atoms with E-state index < -0.39 is 11.9 Å². The van der Waals surface area contributed by atoms with Crippen molar-refractivity contribution in [2.24, 2.45) is 4.99 Å². The normalized spacial score (nSPS) is 14.8. The molecular formula is C20H27F3IN5OS. The topological polar surface area (TPSA) is 61.8 Å². The largest absolute Gasteiger partial charge is 0.434 e. The molecule has 0 radical (unpaired) electrons. The molecule has 1 saturated heterocycles. The highest BCUT2D eigenvalue weighted by molar-refractivity contribution is 14.0. The molecule has 1 aromatic heterocycles. The number of hydrogen-bond donors (Lipinski definition) is 2. The number of rotatable bonds is 7. The van der Waals surface area contributed by atoms with Crippen molar-refractivity contribution in [3.8, 4) is 0 Å². The maximum absolute atomic E-state index is 12.6. The lowest BCUT2D eigenvalue weighted by Crippen LogP contribution is -2.38. The Hall–Kier alpha value is -1.60. The monoisotopic (exact) mass is 569 g/mol. The number of hydrogen-bond acceptors (Lipinski definition) is 5. The van der Waals surface area contributed by atoms with Gasteiger partial charge in [-0.05, 0) is 24.6 Å². The van der Waals surface area contributed by atoms with E-state index in [0.29, 0.717) is 37.0 Å². The van der Waals surface area contributed by atoms with Gasteiger partial charge < -0.3 is 20.3 Å². The second-order valence-corrected chi connectivity index (χ2v) is 7.70. The van der Waals surface area contributed by atoms with E-state index in [4.69, 9.17) is 4.74 Å². The van der Waals surface area contributed by atoms with Crippen LogP contribution in [0.2, 0.25) is 0 Å². The predicted octanol–water partition coefficient (Wildman–Crippen LogP) is 3.91. The molecule has 2 N–H and O–H groups in total. The summed E-state index contributed by atoms with van der Waals surface area (Å²) >= 11 is 1.02. The molecule has 6 nitrogen and oxygen atoms in total. The van der Waals surface area contributed by atoms with Crippen molar-refractivity contribution in [3.63, 3.8) is 0 Å². The number of nitrogens with one attached hydrogen (secondary N) is 2. The van der Waals surface area contributed by atoms with Crippen LogP contribution in [-0.2, 0) is 23.9 Å². The van der Waals surface area contributed by atoms with Gasteiger partial charge in [-0.25, -0.2) is 9.98 Å². The first kappa shape index (κ1) is 25.7. The molecule has 1 aliphatic rings. The summed E-state index contributed by atoms with van der Waals surface area (Å²) < 4.78 is 43.3. The standard InChI is InChI=1S/C20H26F3N5OS.HI/c1-2-24-19(25-8-7-18-27-17(14-30-18)20(21,22)23)26-13-15-3-5-16(6-4-15)28-9-11-29-12-10-28;/h3-6,14H,2,7-13H2,1H3,(H2,24,25,26);1H. The minimum absolute atomic E-state index is 0. The van der Waals surface area contributed by atoms with Crippen LogP contribution < -0.4 is 15.5 Å². The number of ether oxygens (including phenoxy) is 1. The van der Waals surface area contributed by atoms with Crippen molar-refractivity contribution < 1.29 is 17.9 Å². The highest BCUT2D eigenvalue weighted by atomic mass is 127. The zero-order chi connectivity index (χ0) is 21.4. The highest BCUT2D eigenvalue weighted by Crippen LogP contribution is 2.30. The van der Waals surface area contributed by atoms with Crippen LogP contribution in [0.4, 0.5) is 18.9 Å². The van der Waals surface area contributed by atoms with Gasteiger partial charge in [0.15, 0.2) is 11.7 Å². The number of thiazole rings is 1. The van der Waals surface area contributed by atoms with E-state index in [9.17, 15) is 13.2 Å². The SMILES string of the molecule is CCNC(=NCc1ccc(N2CCOCC2)cc1)NCCc1nc(C(F)(F)F)cs1.I. The lowest BCUT2D eigenvalue weighted by atomic mass is 10.2. The van der Waals surface area contributed by atoms with Crippen LogP contribution in [0.15, 0.2) is 34.6 Å². The Bertz CT molecular complexity index is 823.